The molecule has 0 radical (unpaired) electrons. The minimum Gasteiger partial charge on any atom is -0.489 e. The largest absolute Gasteiger partial charge is 0.489 e. The molecule has 3 aliphatic rings. The molecule has 3 atom stereocenters. The van der Waals surface area contributed by atoms with E-state index in [1.165, 1.54) is 30.2 Å². The van der Waals surface area contributed by atoms with Crippen molar-refractivity contribution in [2.45, 2.75) is 70.2 Å². The molecule has 0 spiro atoms. The number of alkyl halides is 2. The van der Waals surface area contributed by atoms with Gasteiger partial charge in [0.25, 0.3) is 5.91 Å². The van der Waals surface area contributed by atoms with Crippen molar-refractivity contribution >= 4 is 23.9 Å². The molecule has 0 bridgehead atoms. The second kappa shape index (κ2) is 14.5. The fourth-order valence-electron chi connectivity index (χ4n) is 5.89. The van der Waals surface area contributed by atoms with E-state index in [4.69, 9.17) is 19.6 Å². The van der Waals surface area contributed by atoms with Gasteiger partial charge in [-0.1, -0.05) is 0 Å². The van der Waals surface area contributed by atoms with Crippen LogP contribution in [0.3, 0.4) is 0 Å². The Morgan fingerprint density at radius 1 is 1.15 bits per heavy atom. The van der Waals surface area contributed by atoms with Gasteiger partial charge in [0, 0.05) is 37.7 Å². The van der Waals surface area contributed by atoms with Crippen LogP contribution >= 0.6 is 0 Å². The number of piperidine rings is 1. The Bertz CT molecular complexity index is 1470. The summed E-state index contributed by atoms with van der Waals surface area (Å²) in [5, 5.41) is 12.0. The third-order valence-corrected chi connectivity index (χ3v) is 8.64. The van der Waals surface area contributed by atoms with Gasteiger partial charge >= 0.3 is 18.7 Å². The van der Waals surface area contributed by atoms with Crippen molar-refractivity contribution in [2.24, 2.45) is 17.6 Å². The number of nitrogens with zero attached hydrogens (tertiary/aromatic N) is 3. The minimum absolute atomic E-state index is 0.00196. The molecule has 14 nitrogen and oxygen atoms in total. The first-order chi connectivity index (χ1) is 22.4. The lowest BCUT2D eigenvalue weighted by atomic mass is 9.96. The Balaban J connectivity index is 1.39. The van der Waals surface area contributed by atoms with Crippen molar-refractivity contribution < 1.29 is 51.7 Å². The van der Waals surface area contributed by atoms with Crippen LogP contribution in [0.15, 0.2) is 22.6 Å². The summed E-state index contributed by atoms with van der Waals surface area (Å²) < 4.78 is 47.2. The molecule has 1 aliphatic carbocycles. The van der Waals surface area contributed by atoms with Crippen LogP contribution in [0.1, 0.15) is 67.7 Å². The van der Waals surface area contributed by atoms with Gasteiger partial charge in [0.1, 0.15) is 0 Å². The van der Waals surface area contributed by atoms with Gasteiger partial charge in [-0.05, 0) is 63.1 Å². The van der Waals surface area contributed by atoms with Gasteiger partial charge < -0.3 is 44.6 Å². The zero-order valence-electron chi connectivity index (χ0n) is 26.2. The number of halogens is 2. The summed E-state index contributed by atoms with van der Waals surface area (Å²) in [6.07, 6.45) is 2.14. The molecule has 47 heavy (non-hydrogen) atoms. The summed E-state index contributed by atoms with van der Waals surface area (Å²) in [5.41, 5.74) is 6.43. The molecule has 3 amide bonds. The molecule has 2 aliphatic heterocycles. The number of hydrogen-bond acceptors (Lipinski definition) is 10. The van der Waals surface area contributed by atoms with Crippen molar-refractivity contribution in [3.63, 3.8) is 0 Å². The molecule has 2 saturated heterocycles. The normalized spacial score (nSPS) is 20.6. The number of aliphatic carboxylic acids is 1. The van der Waals surface area contributed by atoms with Crippen molar-refractivity contribution in [3.05, 3.63) is 29.7 Å². The molecule has 256 valence electrons. The smallest absolute Gasteiger partial charge is 0.407 e. The lowest BCUT2D eigenvalue weighted by Crippen LogP contribution is -2.44. The number of carbonyl (C=O) groups is 4. The molecule has 16 heteroatoms. The number of benzene rings is 1. The lowest BCUT2D eigenvalue weighted by Gasteiger charge is -2.32. The third kappa shape index (κ3) is 8.28. The second-order valence-corrected chi connectivity index (χ2v) is 12.2. The van der Waals surface area contributed by atoms with Gasteiger partial charge in [0.15, 0.2) is 23.0 Å². The Hall–Kier alpha value is -4.47. The van der Waals surface area contributed by atoms with Gasteiger partial charge in [-0.2, -0.15) is 8.78 Å². The van der Waals surface area contributed by atoms with Gasteiger partial charge in [-0.15, -0.1) is 0 Å². The fourth-order valence-corrected chi connectivity index (χ4v) is 5.89. The summed E-state index contributed by atoms with van der Waals surface area (Å²) in [7, 11) is 1.22. The molecule has 2 aromatic rings. The molecule has 5 rings (SSSR count). The number of rotatable bonds is 12. The predicted octanol–water partition coefficient (Wildman–Crippen LogP) is 3.40. The molecule has 4 N–H and O–H groups in total. The quantitative estimate of drug-likeness (QED) is 0.302. The molecule has 3 fully saturated rings. The molecule has 3 heterocycles. The molecule has 0 unspecified atom stereocenters. The van der Waals surface area contributed by atoms with Crippen LogP contribution < -0.4 is 20.5 Å². The number of nitrogens with one attached hydrogen (secondary N) is 1. The number of oxazole rings is 1. The standard InChI is InChI=1S/C31H39F2N5O9/c1-16(34)26-25(36-27(47-26)19-5-6-22(46-30(32)33)23(11-19)45-15-17-3-4-17)28(40)38-14-20(35-31(43)44-2)12-21(38)13-24(39)37-9-7-18(8-10-37)29(41)42/h5-6,11,16-18,20-21,30H,3-4,7-10,12-15,34H2,1-2H3,(H,35,43)(H,41,42)/t16-,20+,21-/m0/s1. The number of nitrogens with two attached hydrogens (primary N) is 1. The number of amides is 3. The van der Waals surface area contributed by atoms with Crippen LogP contribution in [0.4, 0.5) is 13.6 Å². The maximum Gasteiger partial charge on any atom is 0.407 e. The van der Waals surface area contributed by atoms with E-state index in [0.29, 0.717) is 30.9 Å². The van der Waals surface area contributed by atoms with Crippen LogP contribution in [0, 0.1) is 11.8 Å². The van der Waals surface area contributed by atoms with Gasteiger partial charge in [-0.3, -0.25) is 14.4 Å². The van der Waals surface area contributed by atoms with E-state index >= 15 is 0 Å². The molecule has 1 saturated carbocycles. The summed E-state index contributed by atoms with van der Waals surface area (Å²) in [6, 6.07) is 2.28. The highest BCUT2D eigenvalue weighted by Crippen LogP contribution is 2.37. The van der Waals surface area contributed by atoms with E-state index in [9.17, 15) is 33.1 Å². The van der Waals surface area contributed by atoms with Crippen molar-refractivity contribution in [3.8, 4) is 23.0 Å². The topological polar surface area (TPSA) is 187 Å². The fraction of sp³-hybridized carbons (Fsp3) is 0.581. The van der Waals surface area contributed by atoms with Crippen molar-refractivity contribution in [2.75, 3.05) is 33.4 Å². The van der Waals surface area contributed by atoms with Gasteiger partial charge in [-0.25, -0.2) is 9.78 Å². The zero-order chi connectivity index (χ0) is 33.8. The van der Waals surface area contributed by atoms with Crippen LogP contribution in [-0.4, -0.2) is 95.8 Å². The van der Waals surface area contributed by atoms with Crippen molar-refractivity contribution in [1.29, 1.82) is 0 Å². The highest BCUT2D eigenvalue weighted by molar-refractivity contribution is 5.95. The molecular weight excluding hydrogens is 624 g/mol. The Morgan fingerprint density at radius 3 is 2.49 bits per heavy atom. The number of alkyl carbamates (subject to hydrolysis) is 1. The number of likely N-dealkylation sites (tertiary alicyclic amines) is 2. The average Bonchev–Trinajstić information content (AvgIpc) is 3.62. The molecule has 1 aromatic carbocycles. The molecule has 1 aromatic heterocycles. The first-order valence-corrected chi connectivity index (χ1v) is 15.6. The highest BCUT2D eigenvalue weighted by atomic mass is 19.3. The van der Waals surface area contributed by atoms with E-state index in [0.717, 1.165) is 12.8 Å². The first kappa shape index (κ1) is 33.9. The minimum atomic E-state index is -3.06. The summed E-state index contributed by atoms with van der Waals surface area (Å²) >= 11 is 0. The van der Waals surface area contributed by atoms with Crippen LogP contribution in [-0.2, 0) is 14.3 Å². The maximum atomic E-state index is 14.1. The van der Waals surface area contributed by atoms with Gasteiger partial charge in [0.2, 0.25) is 11.8 Å². The average molecular weight is 664 g/mol. The first-order valence-electron chi connectivity index (χ1n) is 15.6. The Labute approximate surface area is 269 Å². The van der Waals surface area contributed by atoms with Crippen LogP contribution in [0.25, 0.3) is 11.5 Å². The Kier molecular flexibility index (Phi) is 10.5. The third-order valence-electron chi connectivity index (χ3n) is 8.64. The maximum absolute atomic E-state index is 14.1. The van der Waals surface area contributed by atoms with E-state index in [1.807, 2.05) is 0 Å². The van der Waals surface area contributed by atoms with E-state index in [-0.39, 0.29) is 67.2 Å². The SMILES string of the molecule is COC(=O)N[C@@H]1C[C@@H](CC(=O)N2CCC(C(=O)O)CC2)N(C(=O)c2nc(-c3ccc(OC(F)F)c(OCC4CC4)c3)oc2[C@H](C)N)C1. The number of carboxylic acids is 1. The molecular formula is C31H39F2N5O9. The Morgan fingerprint density at radius 2 is 1.87 bits per heavy atom. The van der Waals surface area contributed by atoms with Crippen LogP contribution in [0.2, 0.25) is 0 Å². The number of aromatic nitrogens is 1. The second-order valence-electron chi connectivity index (χ2n) is 12.2. The van der Waals surface area contributed by atoms with Crippen LogP contribution in [0.5, 0.6) is 11.5 Å². The predicted molar refractivity (Wildman–Crippen MR) is 160 cm³/mol. The number of methoxy groups -OCH3 is 1. The summed E-state index contributed by atoms with van der Waals surface area (Å²) in [5.74, 6) is -1.89. The van der Waals surface area contributed by atoms with E-state index in [1.54, 1.807) is 11.8 Å². The monoisotopic (exact) mass is 663 g/mol. The zero-order valence-corrected chi connectivity index (χ0v) is 26.2. The van der Waals surface area contributed by atoms with Crippen molar-refractivity contribution in [1.82, 2.24) is 20.1 Å². The number of ether oxygens (including phenoxy) is 3. The number of carbonyl (C=O) groups excluding carboxylic acids is 3. The van der Waals surface area contributed by atoms with E-state index in [2.05, 4.69) is 15.0 Å². The lowest BCUT2D eigenvalue weighted by molar-refractivity contribution is -0.145. The number of carboxylic acid groups (broad SMARTS) is 1. The summed E-state index contributed by atoms with van der Waals surface area (Å²) in [6.45, 7) is -0.499. The van der Waals surface area contributed by atoms with E-state index < -0.39 is 48.6 Å². The highest BCUT2D eigenvalue weighted by Gasteiger charge is 2.41. The van der Waals surface area contributed by atoms with Gasteiger partial charge in [0.05, 0.1) is 31.7 Å². The summed E-state index contributed by atoms with van der Waals surface area (Å²) in [4.78, 5) is 58.3. The number of hydrogen-bond donors (Lipinski definition) is 3.